The van der Waals surface area contributed by atoms with E-state index in [1.54, 1.807) is 0 Å². The number of nitrogens with zero attached hydrogens (tertiary/aromatic N) is 1. The Labute approximate surface area is 80.6 Å². The zero-order valence-corrected chi connectivity index (χ0v) is 7.38. The van der Waals surface area contributed by atoms with E-state index in [1.165, 1.54) is 24.5 Å². The molecule has 0 aliphatic carbocycles. The van der Waals surface area contributed by atoms with Crippen LogP contribution in [0.5, 0.6) is 0 Å². The lowest BCUT2D eigenvalue weighted by atomic mass is 10.0. The highest BCUT2D eigenvalue weighted by atomic mass is 16.4. The molecular formula is C9H10N2O3. The molecular weight excluding hydrogens is 184 g/mol. The van der Waals surface area contributed by atoms with Crippen molar-refractivity contribution in [1.29, 1.82) is 0 Å². The highest BCUT2D eigenvalue weighted by Crippen LogP contribution is 2.03. The lowest BCUT2D eigenvalue weighted by Gasteiger charge is -2.06. The van der Waals surface area contributed by atoms with Gasteiger partial charge in [-0.15, -0.1) is 0 Å². The number of hydrogen-bond acceptors (Lipinski definition) is 4. The Hall–Kier alpha value is -1.75. The van der Waals surface area contributed by atoms with Gasteiger partial charge < -0.3 is 10.8 Å². The summed E-state index contributed by atoms with van der Waals surface area (Å²) in [7, 11) is 0. The summed E-state index contributed by atoms with van der Waals surface area (Å²) in [5.41, 5.74) is 5.78. The smallest absolute Gasteiger partial charge is 0.305 e. The second-order valence-electron chi connectivity index (χ2n) is 2.80. The molecule has 0 fully saturated rings. The largest absolute Gasteiger partial charge is 0.481 e. The summed E-state index contributed by atoms with van der Waals surface area (Å²) in [4.78, 5) is 25.5. The first-order chi connectivity index (χ1) is 6.61. The number of nitrogens with two attached hydrogens (primary N) is 1. The molecule has 1 rings (SSSR count). The maximum Gasteiger partial charge on any atom is 0.305 e. The number of rotatable bonds is 4. The van der Waals surface area contributed by atoms with Crippen LogP contribution in [0.25, 0.3) is 0 Å². The number of hydrogen-bond donors (Lipinski definition) is 2. The van der Waals surface area contributed by atoms with Crippen LogP contribution in [0.1, 0.15) is 16.8 Å². The molecule has 1 atom stereocenters. The number of ketones is 1. The van der Waals surface area contributed by atoms with E-state index in [2.05, 4.69) is 4.98 Å². The standard InChI is InChI=1S/C9H10N2O3/c10-7(5-8(12)13)9(14)6-1-3-11-4-2-6/h1-4,7H,5,10H2,(H,12,13). The zero-order valence-electron chi connectivity index (χ0n) is 7.38. The summed E-state index contributed by atoms with van der Waals surface area (Å²) >= 11 is 0. The van der Waals surface area contributed by atoms with E-state index in [9.17, 15) is 9.59 Å². The van der Waals surface area contributed by atoms with E-state index in [0.717, 1.165) is 0 Å². The topological polar surface area (TPSA) is 93.3 Å². The van der Waals surface area contributed by atoms with E-state index in [-0.39, 0.29) is 12.2 Å². The van der Waals surface area contributed by atoms with Crippen molar-refractivity contribution in [2.24, 2.45) is 5.73 Å². The van der Waals surface area contributed by atoms with Crippen molar-refractivity contribution in [1.82, 2.24) is 4.98 Å². The third-order valence-electron chi connectivity index (χ3n) is 1.70. The Morgan fingerprint density at radius 2 is 2.00 bits per heavy atom. The van der Waals surface area contributed by atoms with Crippen molar-refractivity contribution in [3.8, 4) is 0 Å². The molecule has 0 amide bonds. The van der Waals surface area contributed by atoms with Gasteiger partial charge in [-0.2, -0.15) is 0 Å². The molecule has 0 bridgehead atoms. The first kappa shape index (κ1) is 10.3. The third kappa shape index (κ3) is 2.63. The predicted octanol–water partition coefficient (Wildman–Crippen LogP) is 0.0663. The summed E-state index contributed by atoms with van der Waals surface area (Å²) in [6, 6.07) is 2.02. The molecule has 5 heteroatoms. The molecule has 0 saturated heterocycles. The molecule has 1 heterocycles. The van der Waals surface area contributed by atoms with Gasteiger partial charge in [-0.05, 0) is 12.1 Å². The number of carboxylic acid groups (broad SMARTS) is 1. The van der Waals surface area contributed by atoms with Crippen LogP contribution in [-0.2, 0) is 4.79 Å². The Morgan fingerprint density at radius 1 is 1.43 bits per heavy atom. The second kappa shape index (κ2) is 4.48. The first-order valence-corrected chi connectivity index (χ1v) is 4.03. The SMILES string of the molecule is NC(CC(=O)O)C(=O)c1ccncc1. The molecule has 1 aromatic rings. The Morgan fingerprint density at radius 3 is 2.50 bits per heavy atom. The highest BCUT2D eigenvalue weighted by molar-refractivity contribution is 6.01. The summed E-state index contributed by atoms with van der Waals surface area (Å²) in [6.07, 6.45) is 2.56. The number of carbonyl (C=O) groups is 2. The van der Waals surface area contributed by atoms with Crippen LogP contribution in [0.15, 0.2) is 24.5 Å². The quantitative estimate of drug-likeness (QED) is 0.661. The molecule has 14 heavy (non-hydrogen) atoms. The van der Waals surface area contributed by atoms with Gasteiger partial charge in [0.2, 0.25) is 0 Å². The first-order valence-electron chi connectivity index (χ1n) is 4.03. The number of aromatic nitrogens is 1. The minimum absolute atomic E-state index is 0.360. The van der Waals surface area contributed by atoms with Gasteiger partial charge in [-0.1, -0.05) is 0 Å². The number of carboxylic acids is 1. The normalized spacial score (nSPS) is 12.1. The zero-order chi connectivity index (χ0) is 10.6. The van der Waals surface area contributed by atoms with Crippen LogP contribution in [0.2, 0.25) is 0 Å². The molecule has 1 unspecified atom stereocenters. The third-order valence-corrected chi connectivity index (χ3v) is 1.70. The van der Waals surface area contributed by atoms with Crippen molar-refractivity contribution in [2.75, 3.05) is 0 Å². The Balaban J connectivity index is 2.71. The predicted molar refractivity (Wildman–Crippen MR) is 48.8 cm³/mol. The average Bonchev–Trinajstić information content (AvgIpc) is 2.17. The maximum atomic E-state index is 11.5. The van der Waals surface area contributed by atoms with Crippen LogP contribution < -0.4 is 5.73 Å². The molecule has 3 N–H and O–H groups in total. The summed E-state index contributed by atoms with van der Waals surface area (Å²) in [5, 5.41) is 8.44. The number of carbonyl (C=O) groups excluding carboxylic acids is 1. The van der Waals surface area contributed by atoms with Gasteiger partial charge in [0.1, 0.15) is 0 Å². The van der Waals surface area contributed by atoms with Gasteiger partial charge >= 0.3 is 5.97 Å². The summed E-state index contributed by atoms with van der Waals surface area (Å²) < 4.78 is 0. The molecule has 0 aromatic carbocycles. The van der Waals surface area contributed by atoms with E-state index < -0.39 is 12.0 Å². The van der Waals surface area contributed by atoms with Crippen LogP contribution in [0.3, 0.4) is 0 Å². The fourth-order valence-electron chi connectivity index (χ4n) is 1.01. The molecule has 0 saturated carbocycles. The maximum absolute atomic E-state index is 11.5. The second-order valence-corrected chi connectivity index (χ2v) is 2.80. The fourth-order valence-corrected chi connectivity index (χ4v) is 1.01. The minimum atomic E-state index is -1.08. The Bertz CT molecular complexity index is 337. The molecule has 74 valence electrons. The van der Waals surface area contributed by atoms with E-state index in [1.807, 2.05) is 0 Å². The van der Waals surface area contributed by atoms with Crippen LogP contribution in [0.4, 0.5) is 0 Å². The van der Waals surface area contributed by atoms with Gasteiger partial charge in [-0.3, -0.25) is 14.6 Å². The van der Waals surface area contributed by atoms with Crippen LogP contribution >= 0.6 is 0 Å². The van der Waals surface area contributed by atoms with Gasteiger partial charge in [-0.25, -0.2) is 0 Å². The fraction of sp³-hybridized carbons (Fsp3) is 0.222. The molecule has 0 aliphatic rings. The lowest BCUT2D eigenvalue weighted by Crippen LogP contribution is -2.32. The van der Waals surface area contributed by atoms with E-state index in [0.29, 0.717) is 5.56 Å². The van der Waals surface area contributed by atoms with Crippen LogP contribution in [0, 0.1) is 0 Å². The van der Waals surface area contributed by atoms with Gasteiger partial charge in [0.25, 0.3) is 0 Å². The van der Waals surface area contributed by atoms with Crippen molar-refractivity contribution in [3.05, 3.63) is 30.1 Å². The molecule has 0 spiro atoms. The number of pyridine rings is 1. The highest BCUT2D eigenvalue weighted by Gasteiger charge is 2.18. The summed E-state index contributed by atoms with van der Waals surface area (Å²) in [5.74, 6) is -1.46. The van der Waals surface area contributed by atoms with Crippen molar-refractivity contribution >= 4 is 11.8 Å². The lowest BCUT2D eigenvalue weighted by molar-refractivity contribution is -0.137. The van der Waals surface area contributed by atoms with Crippen molar-refractivity contribution < 1.29 is 14.7 Å². The summed E-state index contributed by atoms with van der Waals surface area (Å²) in [6.45, 7) is 0. The van der Waals surface area contributed by atoms with Gasteiger partial charge in [0.15, 0.2) is 5.78 Å². The van der Waals surface area contributed by atoms with Crippen molar-refractivity contribution in [2.45, 2.75) is 12.5 Å². The van der Waals surface area contributed by atoms with Gasteiger partial charge in [0, 0.05) is 18.0 Å². The molecule has 1 aromatic heterocycles. The van der Waals surface area contributed by atoms with E-state index in [4.69, 9.17) is 10.8 Å². The number of Topliss-reactive ketones (excluding diaryl/α,β-unsaturated/α-hetero) is 1. The monoisotopic (exact) mass is 194 g/mol. The van der Waals surface area contributed by atoms with Gasteiger partial charge in [0.05, 0.1) is 12.5 Å². The minimum Gasteiger partial charge on any atom is -0.481 e. The van der Waals surface area contributed by atoms with Crippen LogP contribution in [-0.4, -0.2) is 27.9 Å². The molecule has 5 nitrogen and oxygen atoms in total. The average molecular weight is 194 g/mol. The van der Waals surface area contributed by atoms with E-state index >= 15 is 0 Å². The molecule has 0 aliphatic heterocycles. The van der Waals surface area contributed by atoms with Crippen molar-refractivity contribution in [3.63, 3.8) is 0 Å². The number of aliphatic carboxylic acids is 1. The molecule has 0 radical (unpaired) electrons. The Kier molecular flexibility index (Phi) is 3.30.